The molecule has 116 valence electrons. The minimum atomic E-state index is -0.972. The van der Waals surface area contributed by atoms with Gasteiger partial charge >= 0.3 is 5.97 Å². The van der Waals surface area contributed by atoms with Gasteiger partial charge < -0.3 is 9.84 Å². The van der Waals surface area contributed by atoms with Crippen molar-refractivity contribution in [3.05, 3.63) is 59.0 Å². The third kappa shape index (κ3) is 2.96. The molecule has 0 saturated carbocycles. The molecule has 1 aromatic heterocycles. The van der Waals surface area contributed by atoms with Crippen molar-refractivity contribution >= 4 is 17.3 Å². The van der Waals surface area contributed by atoms with Gasteiger partial charge in [-0.2, -0.15) is 0 Å². The van der Waals surface area contributed by atoms with Gasteiger partial charge in [0.2, 0.25) is 0 Å². The highest BCUT2D eigenvalue weighted by Gasteiger charge is 2.20. The third-order valence-electron chi connectivity index (χ3n) is 3.54. The second-order valence-corrected chi connectivity index (χ2v) is 6.05. The van der Waals surface area contributed by atoms with E-state index in [1.54, 1.807) is 13.2 Å². The molecule has 0 radical (unpaired) electrons. The monoisotopic (exact) mass is 325 g/mol. The molecule has 23 heavy (non-hydrogen) atoms. The third-order valence-corrected chi connectivity index (χ3v) is 4.62. The summed E-state index contributed by atoms with van der Waals surface area (Å²) >= 11 is 1.19. The Kier molecular flexibility index (Phi) is 4.12. The molecule has 0 fully saturated rings. The summed E-state index contributed by atoms with van der Waals surface area (Å²) in [5, 5.41) is 10.2. The molecule has 0 aliphatic rings. The van der Waals surface area contributed by atoms with Crippen LogP contribution in [0.1, 0.15) is 15.2 Å². The van der Waals surface area contributed by atoms with E-state index < -0.39 is 5.97 Å². The zero-order chi connectivity index (χ0) is 16.4. The molecule has 0 aliphatic carbocycles. The van der Waals surface area contributed by atoms with Crippen LogP contribution >= 0.6 is 11.3 Å². The smallest absolute Gasteiger partial charge is 0.348 e. The molecule has 4 nitrogen and oxygen atoms in total. The van der Waals surface area contributed by atoms with Crippen molar-refractivity contribution in [1.29, 1.82) is 0 Å². The first-order valence-corrected chi connectivity index (χ1v) is 7.86. The first-order valence-electron chi connectivity index (χ1n) is 7.04. The van der Waals surface area contributed by atoms with E-state index in [0.717, 1.165) is 16.7 Å². The molecular formula is C18H15NO3S. The van der Waals surface area contributed by atoms with E-state index in [0.29, 0.717) is 16.5 Å². The van der Waals surface area contributed by atoms with Gasteiger partial charge in [0.15, 0.2) is 0 Å². The quantitative estimate of drug-likeness (QED) is 0.767. The summed E-state index contributed by atoms with van der Waals surface area (Å²) in [4.78, 5) is 16.4. The second kappa shape index (κ2) is 6.22. The topological polar surface area (TPSA) is 59.4 Å². The fourth-order valence-electron chi connectivity index (χ4n) is 2.36. The molecule has 0 spiro atoms. The summed E-state index contributed by atoms with van der Waals surface area (Å²) in [5.74, 6) is -0.301. The van der Waals surface area contributed by atoms with Crippen molar-refractivity contribution in [2.45, 2.75) is 6.92 Å². The van der Waals surface area contributed by atoms with Gasteiger partial charge in [-0.15, -0.1) is 11.3 Å². The van der Waals surface area contributed by atoms with Crippen LogP contribution in [0.25, 0.3) is 21.8 Å². The molecule has 5 heteroatoms. The van der Waals surface area contributed by atoms with Gasteiger partial charge in [-0.25, -0.2) is 9.78 Å². The highest BCUT2D eigenvalue weighted by molar-refractivity contribution is 7.17. The molecule has 2 aromatic carbocycles. The van der Waals surface area contributed by atoms with Crippen LogP contribution in [-0.4, -0.2) is 23.2 Å². The number of hydrogen-bond donors (Lipinski definition) is 1. The van der Waals surface area contributed by atoms with Crippen LogP contribution in [-0.2, 0) is 0 Å². The number of aromatic carboxylic acids is 1. The lowest BCUT2D eigenvalue weighted by Crippen LogP contribution is -1.95. The van der Waals surface area contributed by atoms with Crippen molar-refractivity contribution < 1.29 is 14.6 Å². The molecule has 0 saturated heterocycles. The summed E-state index contributed by atoms with van der Waals surface area (Å²) in [7, 11) is 1.58. The number of thiazole rings is 1. The average molecular weight is 325 g/mol. The maximum absolute atomic E-state index is 11.6. The SMILES string of the molecule is COc1cccc(-c2nc(-c3ccccc3C)sc2C(=O)O)c1. The number of methoxy groups -OCH3 is 1. The molecular weight excluding hydrogens is 310 g/mol. The fourth-order valence-corrected chi connectivity index (χ4v) is 3.38. The minimum absolute atomic E-state index is 0.233. The van der Waals surface area contributed by atoms with Crippen LogP contribution in [0.4, 0.5) is 0 Å². The Morgan fingerprint density at radius 3 is 2.65 bits per heavy atom. The number of rotatable bonds is 4. The van der Waals surface area contributed by atoms with Crippen molar-refractivity contribution in [1.82, 2.24) is 4.98 Å². The second-order valence-electron chi connectivity index (χ2n) is 5.05. The molecule has 0 bridgehead atoms. The predicted molar refractivity (Wildman–Crippen MR) is 91.2 cm³/mol. The molecule has 3 aromatic rings. The number of carboxylic acid groups (broad SMARTS) is 1. The normalized spacial score (nSPS) is 10.5. The summed E-state index contributed by atoms with van der Waals surface area (Å²) in [6.45, 7) is 1.99. The minimum Gasteiger partial charge on any atom is -0.497 e. The van der Waals surface area contributed by atoms with Crippen molar-refractivity contribution in [2.75, 3.05) is 7.11 Å². The van der Waals surface area contributed by atoms with Crippen LogP contribution in [0.15, 0.2) is 48.5 Å². The Balaban J connectivity index is 2.17. The van der Waals surface area contributed by atoms with Gasteiger partial charge in [-0.3, -0.25) is 0 Å². The Bertz CT molecular complexity index is 870. The zero-order valence-corrected chi connectivity index (χ0v) is 13.6. The maximum atomic E-state index is 11.6. The van der Waals surface area contributed by atoms with E-state index in [2.05, 4.69) is 4.98 Å². The largest absolute Gasteiger partial charge is 0.497 e. The van der Waals surface area contributed by atoms with Crippen LogP contribution in [0, 0.1) is 6.92 Å². The molecule has 1 heterocycles. The van der Waals surface area contributed by atoms with E-state index in [-0.39, 0.29) is 4.88 Å². The first kappa shape index (κ1) is 15.2. The van der Waals surface area contributed by atoms with Gasteiger partial charge in [-0.05, 0) is 24.6 Å². The van der Waals surface area contributed by atoms with Crippen molar-refractivity contribution in [3.8, 4) is 27.6 Å². The van der Waals surface area contributed by atoms with Gasteiger partial charge in [0.25, 0.3) is 0 Å². The standard InChI is InChI=1S/C18H15NO3S/c1-11-6-3-4-9-14(11)17-19-15(16(23-17)18(20)21)12-7-5-8-13(10-12)22-2/h3-10H,1-2H3,(H,20,21). The van der Waals surface area contributed by atoms with Crippen LogP contribution in [0.3, 0.4) is 0 Å². The number of ether oxygens (including phenoxy) is 1. The molecule has 0 unspecified atom stereocenters. The predicted octanol–water partition coefficient (Wildman–Crippen LogP) is 4.49. The lowest BCUT2D eigenvalue weighted by molar-refractivity contribution is 0.0702. The van der Waals surface area contributed by atoms with Crippen molar-refractivity contribution in [3.63, 3.8) is 0 Å². The van der Waals surface area contributed by atoms with E-state index in [4.69, 9.17) is 4.74 Å². The Morgan fingerprint density at radius 1 is 1.17 bits per heavy atom. The molecule has 0 aliphatic heterocycles. The highest BCUT2D eigenvalue weighted by Crippen LogP contribution is 2.36. The number of carboxylic acids is 1. The lowest BCUT2D eigenvalue weighted by Gasteiger charge is -2.03. The van der Waals surface area contributed by atoms with Gasteiger partial charge in [0, 0.05) is 11.1 Å². The number of nitrogens with zero attached hydrogens (tertiary/aromatic N) is 1. The van der Waals surface area contributed by atoms with Crippen LogP contribution < -0.4 is 4.74 Å². The molecule has 1 N–H and O–H groups in total. The molecule has 3 rings (SSSR count). The first-order chi connectivity index (χ1) is 11.1. The van der Waals surface area contributed by atoms with Gasteiger partial charge in [-0.1, -0.05) is 36.4 Å². The number of aryl methyl sites for hydroxylation is 1. The molecule has 0 amide bonds. The Morgan fingerprint density at radius 2 is 1.96 bits per heavy atom. The number of carbonyl (C=O) groups is 1. The lowest BCUT2D eigenvalue weighted by atomic mass is 10.1. The molecule has 0 atom stereocenters. The summed E-state index contributed by atoms with van der Waals surface area (Å²) in [6.07, 6.45) is 0. The van der Waals surface area contributed by atoms with Crippen LogP contribution in [0.2, 0.25) is 0 Å². The Labute approximate surface area is 138 Å². The van der Waals surface area contributed by atoms with Gasteiger partial charge in [0.05, 0.1) is 12.8 Å². The number of aromatic nitrogens is 1. The van der Waals surface area contributed by atoms with E-state index >= 15 is 0 Å². The van der Waals surface area contributed by atoms with E-state index in [9.17, 15) is 9.90 Å². The summed E-state index contributed by atoms with van der Waals surface area (Å²) < 4.78 is 5.22. The maximum Gasteiger partial charge on any atom is 0.348 e. The summed E-state index contributed by atoms with van der Waals surface area (Å²) in [6, 6.07) is 15.1. The average Bonchev–Trinajstić information content (AvgIpc) is 3.01. The van der Waals surface area contributed by atoms with Crippen molar-refractivity contribution in [2.24, 2.45) is 0 Å². The fraction of sp³-hybridized carbons (Fsp3) is 0.111. The van der Waals surface area contributed by atoms with E-state index in [1.165, 1.54) is 11.3 Å². The van der Waals surface area contributed by atoms with Crippen LogP contribution in [0.5, 0.6) is 5.75 Å². The zero-order valence-electron chi connectivity index (χ0n) is 12.7. The van der Waals surface area contributed by atoms with Gasteiger partial charge in [0.1, 0.15) is 15.6 Å². The number of hydrogen-bond acceptors (Lipinski definition) is 4. The number of benzene rings is 2. The Hall–Kier alpha value is -2.66. The highest BCUT2D eigenvalue weighted by atomic mass is 32.1. The van der Waals surface area contributed by atoms with E-state index in [1.807, 2.05) is 49.4 Å². The summed E-state index contributed by atoms with van der Waals surface area (Å²) in [5.41, 5.74) is 3.22.